The monoisotopic (exact) mass is 424 g/mol. The number of benzene rings is 2. The first-order valence-electron chi connectivity index (χ1n) is 8.31. The number of amides is 1. The number of hydrogen-bond acceptors (Lipinski definition) is 5. The van der Waals surface area contributed by atoms with Crippen LogP contribution in [0.4, 0.5) is 13.2 Å². The number of aromatic nitrogens is 1. The fraction of sp³-hybridized carbons (Fsp3) is 0.158. The molecule has 0 aliphatic rings. The van der Waals surface area contributed by atoms with Crippen molar-refractivity contribution in [3.8, 4) is 5.75 Å². The highest BCUT2D eigenvalue weighted by atomic mass is 32.2. The Hall–Kier alpha value is -3.14. The molecule has 3 rings (SSSR count). The molecule has 0 saturated carbocycles. The fourth-order valence-corrected chi connectivity index (χ4v) is 3.44. The summed E-state index contributed by atoms with van der Waals surface area (Å²) in [4.78, 5) is 15.8. The van der Waals surface area contributed by atoms with Crippen molar-refractivity contribution in [1.29, 1.82) is 0 Å². The molecule has 1 aromatic heterocycles. The summed E-state index contributed by atoms with van der Waals surface area (Å²) < 4.78 is 66.9. The Balaban J connectivity index is 1.82. The predicted octanol–water partition coefficient (Wildman–Crippen LogP) is 3.60. The molecule has 0 radical (unpaired) electrons. The molecule has 6 nitrogen and oxygen atoms in total. The summed E-state index contributed by atoms with van der Waals surface area (Å²) in [6, 6.07) is 12.8. The molecule has 0 saturated heterocycles. The number of nitrogens with zero attached hydrogens (tertiary/aromatic N) is 1. The lowest BCUT2D eigenvalue weighted by Gasteiger charge is -2.11. The summed E-state index contributed by atoms with van der Waals surface area (Å²) in [5, 5.41) is 2.40. The summed E-state index contributed by atoms with van der Waals surface area (Å²) in [7, 11) is -4.25. The molecule has 1 amide bonds. The van der Waals surface area contributed by atoms with Gasteiger partial charge in [-0.05, 0) is 43.3 Å². The maximum absolute atomic E-state index is 12.6. The molecule has 152 valence electrons. The number of halogens is 3. The second kappa shape index (κ2) is 7.70. The average molecular weight is 424 g/mol. The average Bonchev–Trinajstić information content (AvgIpc) is 2.66. The second-order valence-electron chi connectivity index (χ2n) is 6.14. The van der Waals surface area contributed by atoms with Crippen molar-refractivity contribution in [2.45, 2.75) is 18.0 Å². The summed E-state index contributed by atoms with van der Waals surface area (Å²) in [6.07, 6.45) is -4.54. The molecule has 0 fully saturated rings. The lowest BCUT2D eigenvalue weighted by molar-refractivity contribution is -0.123. The van der Waals surface area contributed by atoms with Gasteiger partial charge in [0.15, 0.2) is 5.75 Å². The van der Waals surface area contributed by atoms with E-state index < -0.39 is 28.7 Å². The number of fused-ring (bicyclic) bond motifs is 1. The number of carbonyl (C=O) groups excluding carboxylic acids is 1. The number of rotatable bonds is 5. The Kier molecular flexibility index (Phi) is 5.47. The van der Waals surface area contributed by atoms with Crippen LogP contribution in [-0.4, -0.2) is 32.0 Å². The second-order valence-corrected chi connectivity index (χ2v) is 7.69. The number of pyridine rings is 1. The minimum Gasteiger partial charge on any atom is -0.377 e. The molecule has 1 heterocycles. The van der Waals surface area contributed by atoms with E-state index in [0.29, 0.717) is 16.6 Å². The molecule has 3 aromatic rings. The first-order chi connectivity index (χ1) is 13.5. The molecule has 0 bridgehead atoms. The van der Waals surface area contributed by atoms with Crippen LogP contribution in [0.3, 0.4) is 0 Å². The van der Waals surface area contributed by atoms with E-state index in [-0.39, 0.29) is 16.2 Å². The van der Waals surface area contributed by atoms with Gasteiger partial charge in [0.1, 0.15) is 17.0 Å². The standard InChI is InChI=1S/C19H15F3N2O4S/c1-12-5-6-13-3-2-4-16(17(13)24-12)28-29(26,27)15-9-7-14(8-10-15)18(25)23-11-19(20,21)22/h2-10H,11H2,1H3,(H,23,25). The van der Waals surface area contributed by atoms with Crippen molar-refractivity contribution in [1.82, 2.24) is 10.3 Å². The van der Waals surface area contributed by atoms with Crippen LogP contribution in [-0.2, 0) is 10.1 Å². The summed E-state index contributed by atoms with van der Waals surface area (Å²) in [6.45, 7) is 0.274. The van der Waals surface area contributed by atoms with Gasteiger partial charge in [-0.2, -0.15) is 21.6 Å². The van der Waals surface area contributed by atoms with Crippen LogP contribution in [0.2, 0.25) is 0 Å². The molecule has 0 aliphatic heterocycles. The third-order valence-electron chi connectivity index (χ3n) is 3.88. The van der Waals surface area contributed by atoms with Gasteiger partial charge in [0.2, 0.25) is 0 Å². The van der Waals surface area contributed by atoms with Crippen LogP contribution in [0.1, 0.15) is 16.1 Å². The van der Waals surface area contributed by atoms with Crippen molar-refractivity contribution in [2.75, 3.05) is 6.54 Å². The Bertz CT molecular complexity index is 1160. The molecule has 29 heavy (non-hydrogen) atoms. The van der Waals surface area contributed by atoms with E-state index in [4.69, 9.17) is 4.18 Å². The largest absolute Gasteiger partial charge is 0.405 e. The molecule has 2 aromatic carbocycles. The molecular formula is C19H15F3N2O4S. The van der Waals surface area contributed by atoms with Gasteiger partial charge in [-0.15, -0.1) is 0 Å². The van der Waals surface area contributed by atoms with Gasteiger partial charge in [-0.3, -0.25) is 4.79 Å². The van der Waals surface area contributed by atoms with E-state index in [9.17, 15) is 26.4 Å². The van der Waals surface area contributed by atoms with E-state index in [1.807, 2.05) is 0 Å². The smallest absolute Gasteiger partial charge is 0.377 e. The molecule has 10 heteroatoms. The van der Waals surface area contributed by atoms with E-state index in [1.165, 1.54) is 6.07 Å². The van der Waals surface area contributed by atoms with E-state index in [2.05, 4.69) is 4.98 Å². The Morgan fingerprint density at radius 2 is 1.76 bits per heavy atom. The lowest BCUT2D eigenvalue weighted by atomic mass is 10.2. The minimum atomic E-state index is -4.54. The maximum Gasteiger partial charge on any atom is 0.405 e. The highest BCUT2D eigenvalue weighted by Crippen LogP contribution is 2.27. The number of aryl methyl sites for hydroxylation is 1. The lowest BCUT2D eigenvalue weighted by Crippen LogP contribution is -2.33. The summed E-state index contributed by atoms with van der Waals surface area (Å²) in [5.41, 5.74) is 0.940. The summed E-state index contributed by atoms with van der Waals surface area (Å²) >= 11 is 0. The highest BCUT2D eigenvalue weighted by Gasteiger charge is 2.28. The Labute approximate surface area is 164 Å². The fourth-order valence-electron chi connectivity index (χ4n) is 2.51. The Morgan fingerprint density at radius 1 is 1.07 bits per heavy atom. The first-order valence-corrected chi connectivity index (χ1v) is 9.72. The number of alkyl halides is 3. The SMILES string of the molecule is Cc1ccc2cccc(OS(=O)(=O)c3ccc(C(=O)NCC(F)(F)F)cc3)c2n1. The number of nitrogens with one attached hydrogen (secondary N) is 1. The Morgan fingerprint density at radius 3 is 2.41 bits per heavy atom. The maximum atomic E-state index is 12.6. The van der Waals surface area contributed by atoms with Crippen LogP contribution in [0, 0.1) is 6.92 Å². The van der Waals surface area contributed by atoms with Gasteiger partial charge in [-0.1, -0.05) is 18.2 Å². The van der Waals surface area contributed by atoms with Crippen LogP contribution in [0.15, 0.2) is 59.5 Å². The number of carbonyl (C=O) groups is 1. The van der Waals surface area contributed by atoms with Crippen LogP contribution >= 0.6 is 0 Å². The van der Waals surface area contributed by atoms with Crippen molar-refractivity contribution in [2.24, 2.45) is 0 Å². The first kappa shape index (κ1) is 20.6. The van der Waals surface area contributed by atoms with E-state index in [0.717, 1.165) is 24.3 Å². The third kappa shape index (κ3) is 5.02. The van der Waals surface area contributed by atoms with Crippen molar-refractivity contribution in [3.63, 3.8) is 0 Å². The zero-order chi connectivity index (χ0) is 21.2. The van der Waals surface area contributed by atoms with E-state index in [1.54, 1.807) is 36.5 Å². The van der Waals surface area contributed by atoms with Gasteiger partial charge in [0.05, 0.1) is 0 Å². The molecule has 0 unspecified atom stereocenters. The highest BCUT2D eigenvalue weighted by molar-refractivity contribution is 7.87. The quantitative estimate of drug-likeness (QED) is 0.633. The third-order valence-corrected chi connectivity index (χ3v) is 5.13. The molecule has 0 aliphatic carbocycles. The van der Waals surface area contributed by atoms with Crippen molar-refractivity contribution < 1.29 is 30.6 Å². The van der Waals surface area contributed by atoms with Gasteiger partial charge >= 0.3 is 16.3 Å². The van der Waals surface area contributed by atoms with Crippen LogP contribution in [0.5, 0.6) is 5.75 Å². The van der Waals surface area contributed by atoms with Gasteiger partial charge in [-0.25, -0.2) is 4.98 Å². The molecule has 0 atom stereocenters. The molecular weight excluding hydrogens is 409 g/mol. The van der Waals surface area contributed by atoms with Gasteiger partial charge in [0, 0.05) is 16.6 Å². The van der Waals surface area contributed by atoms with Crippen LogP contribution < -0.4 is 9.50 Å². The van der Waals surface area contributed by atoms with Crippen molar-refractivity contribution >= 4 is 26.9 Å². The minimum absolute atomic E-state index is 0.0400. The zero-order valence-corrected chi connectivity index (χ0v) is 15.8. The van der Waals surface area contributed by atoms with E-state index >= 15 is 0 Å². The van der Waals surface area contributed by atoms with Gasteiger partial charge in [0.25, 0.3) is 5.91 Å². The topological polar surface area (TPSA) is 85.4 Å². The molecule has 1 N–H and O–H groups in total. The zero-order valence-electron chi connectivity index (χ0n) is 15.0. The van der Waals surface area contributed by atoms with Crippen LogP contribution in [0.25, 0.3) is 10.9 Å². The number of para-hydroxylation sites is 1. The van der Waals surface area contributed by atoms with Crippen molar-refractivity contribution in [3.05, 3.63) is 65.9 Å². The normalized spacial score (nSPS) is 12.0. The summed E-state index contributed by atoms with van der Waals surface area (Å²) in [5.74, 6) is -0.931. The van der Waals surface area contributed by atoms with Gasteiger partial charge < -0.3 is 9.50 Å². The predicted molar refractivity (Wildman–Crippen MR) is 99.1 cm³/mol. The number of hydrogen-bond donors (Lipinski definition) is 1. The molecule has 0 spiro atoms.